The Morgan fingerprint density at radius 3 is 2.52 bits per heavy atom. The lowest BCUT2D eigenvalue weighted by Crippen LogP contribution is -2.40. The fraction of sp³-hybridized carbons (Fsp3) is 0.400. The molecule has 9 nitrogen and oxygen atoms in total. The second kappa shape index (κ2) is 11.2. The molecule has 15 heteroatoms. The maximum Gasteiger partial charge on any atom is 0.493 e. The van der Waals surface area contributed by atoms with E-state index in [-0.39, 0.29) is 33.6 Å². The summed E-state index contributed by atoms with van der Waals surface area (Å²) in [6.45, 7) is 3.05. The third kappa shape index (κ3) is 5.73. The van der Waals surface area contributed by atoms with Crippen molar-refractivity contribution in [2.45, 2.75) is 58.2 Å². The molecule has 2 aromatic carbocycles. The highest BCUT2D eigenvalue weighted by atomic mass is 35.5. The van der Waals surface area contributed by atoms with Crippen molar-refractivity contribution in [3.63, 3.8) is 0 Å². The van der Waals surface area contributed by atoms with Gasteiger partial charge in [-0.2, -0.15) is 13.2 Å². The summed E-state index contributed by atoms with van der Waals surface area (Å²) >= 11 is 6.32. The van der Waals surface area contributed by atoms with Crippen LogP contribution in [-0.4, -0.2) is 35.9 Å². The van der Waals surface area contributed by atoms with Crippen molar-refractivity contribution in [3.8, 4) is 0 Å². The molecular weight excluding hydrogens is 580 g/mol. The maximum atomic E-state index is 15.0. The van der Waals surface area contributed by atoms with E-state index in [1.54, 1.807) is 11.5 Å². The smallest absolute Gasteiger partial charge is 0.352 e. The number of aryl methyl sites for hydroxylation is 1. The molecule has 0 saturated heterocycles. The van der Waals surface area contributed by atoms with E-state index in [4.69, 9.17) is 11.6 Å². The first kappa shape index (κ1) is 29.6. The van der Waals surface area contributed by atoms with Crippen molar-refractivity contribution in [1.29, 1.82) is 0 Å². The molecule has 1 N–H and O–H groups in total. The standard InChI is InChI=1S/C25H25ClF4N4O5S/c1-3-12-40(37,38)34(39-24(36)25(28,29)30)19-11-8-16(27)22(21(19)26)32-17-9-10-18-20(14(17)2)23(35)33(13-31-18)15-6-4-5-7-15/h8-11,13,15,32H,3-7,12H2,1-2H3. The lowest BCUT2D eigenvalue weighted by molar-refractivity contribution is -0.199. The van der Waals surface area contributed by atoms with Gasteiger partial charge in [-0.05, 0) is 56.0 Å². The number of fused-ring (bicyclic) bond motifs is 1. The number of carbonyl (C=O) groups excluding carboxylic acids is 1. The van der Waals surface area contributed by atoms with Crippen LogP contribution in [0.25, 0.3) is 10.9 Å². The second-order valence-corrected chi connectivity index (χ2v) is 11.6. The predicted octanol–water partition coefficient (Wildman–Crippen LogP) is 5.92. The molecule has 3 aromatic rings. The van der Waals surface area contributed by atoms with E-state index in [1.165, 1.54) is 25.4 Å². The number of halogens is 5. The molecule has 0 aliphatic heterocycles. The second-order valence-electron chi connectivity index (χ2n) is 9.33. The Balaban J connectivity index is 1.80. The zero-order valence-electron chi connectivity index (χ0n) is 21.4. The van der Waals surface area contributed by atoms with Crippen LogP contribution in [0.3, 0.4) is 0 Å². The molecule has 0 bridgehead atoms. The summed E-state index contributed by atoms with van der Waals surface area (Å²) in [6, 6.07) is 4.58. The van der Waals surface area contributed by atoms with E-state index in [0.717, 1.165) is 37.8 Å². The van der Waals surface area contributed by atoms with Gasteiger partial charge in [-0.1, -0.05) is 35.8 Å². The van der Waals surface area contributed by atoms with Gasteiger partial charge in [0, 0.05) is 11.7 Å². The summed E-state index contributed by atoms with van der Waals surface area (Å²) in [7, 11) is -4.66. The fourth-order valence-corrected chi connectivity index (χ4v) is 6.26. The summed E-state index contributed by atoms with van der Waals surface area (Å²) in [4.78, 5) is 33.5. The average Bonchev–Trinajstić information content (AvgIpc) is 3.41. The third-order valence-corrected chi connectivity index (χ3v) is 8.65. The lowest BCUT2D eigenvalue weighted by Gasteiger charge is -2.25. The van der Waals surface area contributed by atoms with E-state index in [1.807, 2.05) is 0 Å². The molecule has 1 saturated carbocycles. The van der Waals surface area contributed by atoms with Crippen molar-refractivity contribution in [2.24, 2.45) is 0 Å². The number of hydrogen-bond acceptors (Lipinski definition) is 7. The van der Waals surface area contributed by atoms with Crippen molar-refractivity contribution < 1.29 is 35.6 Å². The largest absolute Gasteiger partial charge is 0.493 e. The molecule has 0 radical (unpaired) electrons. The van der Waals surface area contributed by atoms with Gasteiger partial charge in [0.15, 0.2) is 0 Å². The molecule has 0 amide bonds. The van der Waals surface area contributed by atoms with Crippen LogP contribution in [0.2, 0.25) is 5.02 Å². The number of alkyl halides is 3. The van der Waals surface area contributed by atoms with Gasteiger partial charge in [0.05, 0.1) is 33.7 Å². The van der Waals surface area contributed by atoms with Crippen LogP contribution in [0.15, 0.2) is 35.4 Å². The molecule has 40 heavy (non-hydrogen) atoms. The molecule has 4 rings (SSSR count). The van der Waals surface area contributed by atoms with E-state index in [2.05, 4.69) is 15.1 Å². The average molecular weight is 605 g/mol. The van der Waals surface area contributed by atoms with Crippen molar-refractivity contribution in [3.05, 3.63) is 57.3 Å². The number of nitrogens with one attached hydrogen (secondary N) is 1. The van der Waals surface area contributed by atoms with Gasteiger partial charge < -0.3 is 10.2 Å². The number of nitrogens with zero attached hydrogens (tertiary/aromatic N) is 3. The predicted molar refractivity (Wildman–Crippen MR) is 142 cm³/mol. The molecule has 0 atom stereocenters. The third-order valence-electron chi connectivity index (χ3n) is 6.57. The van der Waals surface area contributed by atoms with Gasteiger partial charge in [-0.15, -0.1) is 0 Å². The van der Waals surface area contributed by atoms with Crippen LogP contribution in [0.4, 0.5) is 34.6 Å². The number of aromatic nitrogens is 2. The molecule has 0 spiro atoms. The molecular formula is C25H25ClF4N4O5S. The first-order valence-electron chi connectivity index (χ1n) is 12.3. The van der Waals surface area contributed by atoms with Crippen LogP contribution in [-0.2, 0) is 19.7 Å². The summed E-state index contributed by atoms with van der Waals surface area (Å²) in [5.74, 6) is -4.49. The first-order chi connectivity index (χ1) is 18.8. The topological polar surface area (TPSA) is 111 Å². The molecule has 1 aromatic heterocycles. The highest BCUT2D eigenvalue weighted by Crippen LogP contribution is 2.40. The minimum Gasteiger partial charge on any atom is -0.352 e. The van der Waals surface area contributed by atoms with Crippen molar-refractivity contribution in [2.75, 3.05) is 15.5 Å². The Kier molecular flexibility index (Phi) is 8.31. The maximum absolute atomic E-state index is 15.0. The lowest BCUT2D eigenvalue weighted by atomic mass is 10.1. The fourth-order valence-electron chi connectivity index (χ4n) is 4.61. The van der Waals surface area contributed by atoms with Crippen molar-refractivity contribution >= 4 is 55.6 Å². The Hall–Kier alpha value is -3.39. The quantitative estimate of drug-likeness (QED) is 0.251. The van der Waals surface area contributed by atoms with Gasteiger partial charge in [0.2, 0.25) is 0 Å². The Morgan fingerprint density at radius 1 is 1.23 bits per heavy atom. The van der Waals surface area contributed by atoms with E-state index in [9.17, 15) is 35.6 Å². The first-order valence-corrected chi connectivity index (χ1v) is 14.3. The highest BCUT2D eigenvalue weighted by molar-refractivity contribution is 7.92. The molecule has 216 valence electrons. The Bertz CT molecular complexity index is 1620. The van der Waals surface area contributed by atoms with Gasteiger partial charge in [0.1, 0.15) is 11.5 Å². The normalized spacial score (nSPS) is 14.5. The monoisotopic (exact) mass is 604 g/mol. The zero-order valence-corrected chi connectivity index (χ0v) is 23.0. The Labute approximate surface area is 231 Å². The number of hydrogen-bond donors (Lipinski definition) is 1. The van der Waals surface area contributed by atoms with Crippen molar-refractivity contribution in [1.82, 2.24) is 9.55 Å². The van der Waals surface area contributed by atoms with Gasteiger partial charge in [-0.25, -0.2) is 22.6 Å². The summed E-state index contributed by atoms with van der Waals surface area (Å²) in [5, 5.41) is 2.31. The van der Waals surface area contributed by atoms with Crippen LogP contribution in [0, 0.1) is 12.7 Å². The van der Waals surface area contributed by atoms with Crippen LogP contribution in [0.5, 0.6) is 0 Å². The summed E-state index contributed by atoms with van der Waals surface area (Å²) in [6.07, 6.45) is -0.382. The minimum absolute atomic E-state index is 0.0134. The summed E-state index contributed by atoms with van der Waals surface area (Å²) in [5.41, 5.74) is -0.513. The van der Waals surface area contributed by atoms with E-state index >= 15 is 0 Å². The van der Waals surface area contributed by atoms with E-state index in [0.29, 0.717) is 11.1 Å². The van der Waals surface area contributed by atoms with Crippen LogP contribution in [0.1, 0.15) is 50.6 Å². The molecule has 0 unspecified atom stereocenters. The molecule has 1 fully saturated rings. The van der Waals surface area contributed by atoms with Gasteiger partial charge in [-0.3, -0.25) is 9.36 Å². The number of sulfonamides is 1. The molecule has 1 aliphatic rings. The number of benzene rings is 2. The molecule has 1 heterocycles. The Morgan fingerprint density at radius 2 is 1.90 bits per heavy atom. The van der Waals surface area contributed by atoms with Gasteiger partial charge >= 0.3 is 12.1 Å². The van der Waals surface area contributed by atoms with Crippen LogP contribution >= 0.6 is 11.6 Å². The number of rotatable bonds is 8. The number of carbonyl (C=O) groups is 1. The number of anilines is 3. The van der Waals surface area contributed by atoms with Gasteiger partial charge in [0.25, 0.3) is 15.6 Å². The minimum atomic E-state index is -5.52. The summed E-state index contributed by atoms with van der Waals surface area (Å²) < 4.78 is 80.6. The van der Waals surface area contributed by atoms with E-state index < -0.39 is 50.1 Å². The molecule has 1 aliphatic carbocycles. The highest BCUT2D eigenvalue weighted by Gasteiger charge is 2.45. The SMILES string of the molecule is CCCS(=O)(=O)N(OC(=O)C(F)(F)F)c1ccc(F)c(Nc2ccc3ncn(C4CCCC4)c(=O)c3c2C)c1Cl. The zero-order chi connectivity index (χ0) is 29.4. The van der Waals surface area contributed by atoms with Crippen LogP contribution < -0.4 is 15.3 Å².